The number of ether oxygens (including phenoxy) is 1. The number of hydrogen-bond donors (Lipinski definition) is 0. The van der Waals surface area contributed by atoms with E-state index in [-0.39, 0.29) is 10.8 Å². The Hall–Kier alpha value is -3.32. The molecule has 0 saturated heterocycles. The van der Waals surface area contributed by atoms with Crippen molar-refractivity contribution in [3.05, 3.63) is 106 Å². The van der Waals surface area contributed by atoms with Crippen LogP contribution in [0, 0.1) is 12.0 Å². The molecule has 2 aromatic carbocycles. The smallest absolute Gasteiger partial charge is 0.229 e. The minimum Gasteiger partial charge on any atom is -0.383 e. The zero-order valence-corrected chi connectivity index (χ0v) is 25.4. The first kappa shape index (κ1) is 28.2. The van der Waals surface area contributed by atoms with Crippen molar-refractivity contribution < 1.29 is 9.31 Å². The lowest BCUT2D eigenvalue weighted by Crippen LogP contribution is -2.28. The third kappa shape index (κ3) is 4.89. The molecule has 206 valence electrons. The molecule has 0 radical (unpaired) electrons. The lowest BCUT2D eigenvalue weighted by molar-refractivity contribution is -0.332. The molecule has 0 amide bonds. The summed E-state index contributed by atoms with van der Waals surface area (Å²) in [4.78, 5) is 2.40. The molecule has 2 aromatic rings. The number of benzene rings is 2. The van der Waals surface area contributed by atoms with Gasteiger partial charge < -0.3 is 9.64 Å². The number of nitrogens with zero attached hydrogens (tertiary/aromatic N) is 2. The fraction of sp³-hybridized carbons (Fsp3) is 0.361. The van der Waals surface area contributed by atoms with Crippen LogP contribution in [0.25, 0.3) is 0 Å². The summed E-state index contributed by atoms with van der Waals surface area (Å²) in [5.41, 5.74) is 9.67. The maximum absolute atomic E-state index is 7.10. The number of hydrogen-bond acceptors (Lipinski definition) is 2. The monoisotopic (exact) mass is 551 g/mol. The molecule has 0 fully saturated rings. The summed E-state index contributed by atoms with van der Waals surface area (Å²) < 4.78 is 7.59. The molecule has 2 aliphatic heterocycles. The van der Waals surface area contributed by atoms with Crippen LogP contribution in [0.3, 0.4) is 0 Å². The Labute approximate surface area is 245 Å². The van der Waals surface area contributed by atoms with E-state index in [2.05, 4.69) is 122 Å². The standard InChI is InChI=1S/C36H40ClN2O/c1-7-23-38-30-17-10-8-15-28(30)35(2,3)32(38)21-19-26-13-12-14-27(34(26)37)20-22-33-36(4,5)29-16-9-11-18-31(29)39(33)24-25-40-6/h8-11,15-22H,12-14,24-25H2,1-6H3/q+1. The van der Waals surface area contributed by atoms with Crippen molar-refractivity contribution in [2.45, 2.75) is 64.7 Å². The van der Waals surface area contributed by atoms with E-state index in [4.69, 9.17) is 16.3 Å². The predicted molar refractivity (Wildman–Crippen MR) is 169 cm³/mol. The van der Waals surface area contributed by atoms with Crippen molar-refractivity contribution >= 4 is 28.7 Å². The number of fused-ring (bicyclic) bond motifs is 2. The molecule has 0 bridgehead atoms. The van der Waals surface area contributed by atoms with Crippen LogP contribution in [0.15, 0.2) is 94.7 Å². The average molecular weight is 552 g/mol. The molecular formula is C36H40ClN2O+. The van der Waals surface area contributed by atoms with Gasteiger partial charge in [0.25, 0.3) is 0 Å². The topological polar surface area (TPSA) is 15.5 Å². The molecule has 0 spiro atoms. The van der Waals surface area contributed by atoms with Gasteiger partial charge in [-0.25, -0.2) is 0 Å². The minimum absolute atomic E-state index is 0.0988. The molecule has 3 aliphatic rings. The Bertz CT molecular complexity index is 1540. The van der Waals surface area contributed by atoms with Crippen LogP contribution < -0.4 is 4.90 Å². The van der Waals surface area contributed by atoms with Crippen LogP contribution in [0.1, 0.15) is 65.0 Å². The maximum Gasteiger partial charge on any atom is 0.229 e. The van der Waals surface area contributed by atoms with Gasteiger partial charge in [0.15, 0.2) is 0 Å². The molecule has 2 heterocycles. The summed E-state index contributed by atoms with van der Waals surface area (Å²) in [6.45, 7) is 12.5. The molecule has 0 saturated carbocycles. The highest BCUT2D eigenvalue weighted by atomic mass is 35.5. The summed E-state index contributed by atoms with van der Waals surface area (Å²) in [5, 5.41) is 0.873. The van der Waals surface area contributed by atoms with E-state index in [0.29, 0.717) is 6.61 Å². The number of anilines is 1. The van der Waals surface area contributed by atoms with Crippen LogP contribution in [-0.2, 0) is 15.6 Å². The number of para-hydroxylation sites is 2. The average Bonchev–Trinajstić information content (AvgIpc) is 3.29. The van der Waals surface area contributed by atoms with E-state index in [1.807, 2.05) is 6.92 Å². The Morgan fingerprint density at radius 1 is 0.950 bits per heavy atom. The molecule has 0 aromatic heterocycles. The fourth-order valence-electron chi connectivity index (χ4n) is 6.39. The SMILES string of the molecule is CC#C[N+]1=C(C=CC2=C(Cl)C(=CC=C3N(CCOC)c4ccccc4C3(C)C)CCC2)C(C)(C)c2ccccc21. The van der Waals surface area contributed by atoms with Crippen molar-refractivity contribution in [3.63, 3.8) is 0 Å². The lowest BCUT2D eigenvalue weighted by atomic mass is 9.81. The number of rotatable bonds is 6. The van der Waals surface area contributed by atoms with Crippen molar-refractivity contribution in [1.29, 1.82) is 0 Å². The molecule has 1 aliphatic carbocycles. The minimum atomic E-state index is -0.142. The molecular weight excluding hydrogens is 512 g/mol. The van der Waals surface area contributed by atoms with Gasteiger partial charge >= 0.3 is 0 Å². The normalized spacial score (nSPS) is 21.3. The summed E-state index contributed by atoms with van der Waals surface area (Å²) in [6, 6.07) is 20.6. The van der Waals surface area contributed by atoms with Gasteiger partial charge in [-0.1, -0.05) is 74.0 Å². The van der Waals surface area contributed by atoms with Crippen LogP contribution >= 0.6 is 11.6 Å². The van der Waals surface area contributed by atoms with Gasteiger partial charge in [0.1, 0.15) is 0 Å². The molecule has 0 N–H and O–H groups in total. The highest BCUT2D eigenvalue weighted by Gasteiger charge is 2.44. The first-order valence-corrected chi connectivity index (χ1v) is 14.6. The van der Waals surface area contributed by atoms with Crippen LogP contribution in [0.2, 0.25) is 0 Å². The van der Waals surface area contributed by atoms with Crippen LogP contribution in [-0.4, -0.2) is 30.5 Å². The van der Waals surface area contributed by atoms with E-state index in [1.54, 1.807) is 7.11 Å². The highest BCUT2D eigenvalue weighted by Crippen LogP contribution is 2.48. The van der Waals surface area contributed by atoms with Crippen LogP contribution in [0.4, 0.5) is 11.4 Å². The van der Waals surface area contributed by atoms with E-state index in [9.17, 15) is 0 Å². The molecule has 40 heavy (non-hydrogen) atoms. The number of allylic oxidation sites excluding steroid dienone is 8. The van der Waals surface area contributed by atoms with Crippen molar-refractivity contribution in [3.8, 4) is 12.0 Å². The quantitative estimate of drug-likeness (QED) is 0.264. The predicted octanol–water partition coefficient (Wildman–Crippen LogP) is 8.53. The van der Waals surface area contributed by atoms with E-state index >= 15 is 0 Å². The largest absolute Gasteiger partial charge is 0.383 e. The molecule has 3 nitrogen and oxygen atoms in total. The lowest BCUT2D eigenvalue weighted by Gasteiger charge is -2.27. The molecule has 0 unspecified atom stereocenters. The van der Waals surface area contributed by atoms with Crippen molar-refractivity contribution in [1.82, 2.24) is 0 Å². The van der Waals surface area contributed by atoms with Gasteiger partial charge in [0, 0.05) is 60.1 Å². The van der Waals surface area contributed by atoms with Crippen molar-refractivity contribution in [2.75, 3.05) is 25.2 Å². The first-order valence-electron chi connectivity index (χ1n) is 14.3. The van der Waals surface area contributed by atoms with Gasteiger partial charge in [0.2, 0.25) is 17.4 Å². The van der Waals surface area contributed by atoms with Gasteiger partial charge in [0.05, 0.1) is 12.0 Å². The zero-order valence-electron chi connectivity index (χ0n) is 24.6. The Kier molecular flexibility index (Phi) is 7.96. The van der Waals surface area contributed by atoms with Crippen LogP contribution in [0.5, 0.6) is 0 Å². The second-order valence-corrected chi connectivity index (χ2v) is 12.2. The van der Waals surface area contributed by atoms with Crippen molar-refractivity contribution in [2.24, 2.45) is 0 Å². The number of methoxy groups -OCH3 is 1. The van der Waals surface area contributed by atoms with E-state index in [1.165, 1.54) is 39.4 Å². The summed E-state index contributed by atoms with van der Waals surface area (Å²) in [5.74, 6) is 3.10. The summed E-state index contributed by atoms with van der Waals surface area (Å²) in [7, 11) is 1.76. The summed E-state index contributed by atoms with van der Waals surface area (Å²) >= 11 is 7.10. The molecule has 4 heteroatoms. The van der Waals surface area contributed by atoms with Gasteiger partial charge in [-0.3, -0.25) is 0 Å². The zero-order chi connectivity index (χ0) is 28.5. The van der Waals surface area contributed by atoms with Gasteiger partial charge in [-0.2, -0.15) is 0 Å². The van der Waals surface area contributed by atoms with Gasteiger partial charge in [-0.05, 0) is 67.9 Å². The second-order valence-electron chi connectivity index (χ2n) is 11.8. The first-order chi connectivity index (χ1) is 19.2. The fourth-order valence-corrected chi connectivity index (χ4v) is 6.71. The summed E-state index contributed by atoms with van der Waals surface area (Å²) in [6.07, 6.45) is 12.0. The Morgan fingerprint density at radius 3 is 2.42 bits per heavy atom. The Balaban J connectivity index is 1.50. The van der Waals surface area contributed by atoms with E-state index < -0.39 is 0 Å². The second kappa shape index (κ2) is 11.3. The molecule has 5 rings (SSSR count). The maximum atomic E-state index is 7.10. The van der Waals surface area contributed by atoms with Gasteiger partial charge in [-0.15, -0.1) is 4.58 Å². The highest BCUT2D eigenvalue weighted by molar-refractivity contribution is 6.32. The Morgan fingerprint density at radius 2 is 1.68 bits per heavy atom. The third-order valence-corrected chi connectivity index (χ3v) is 9.07. The third-order valence-electron chi connectivity index (χ3n) is 8.58. The number of halogens is 1. The molecule has 0 atom stereocenters. The van der Waals surface area contributed by atoms with E-state index in [0.717, 1.165) is 36.5 Å².